The van der Waals surface area contributed by atoms with Gasteiger partial charge >= 0.3 is 6.03 Å². The Kier molecular flexibility index (Phi) is 6.27. The van der Waals surface area contributed by atoms with Crippen molar-refractivity contribution in [1.29, 1.82) is 0 Å². The molecule has 1 aromatic heterocycles. The summed E-state index contributed by atoms with van der Waals surface area (Å²) in [6.07, 6.45) is 2.36. The Hall–Kier alpha value is -2.80. The summed E-state index contributed by atoms with van der Waals surface area (Å²) in [6, 6.07) is 10.8. The summed E-state index contributed by atoms with van der Waals surface area (Å²) in [6.45, 7) is 4.03. The molecule has 3 N–H and O–H groups in total. The quantitative estimate of drug-likeness (QED) is 0.733. The number of aromatic nitrogens is 1. The number of anilines is 1. The van der Waals surface area contributed by atoms with Crippen LogP contribution in [0.25, 0.3) is 0 Å². The lowest BCUT2D eigenvalue weighted by Crippen LogP contribution is -2.37. The normalized spacial score (nSPS) is 14.1. The van der Waals surface area contributed by atoms with Crippen LogP contribution in [0.1, 0.15) is 11.1 Å². The van der Waals surface area contributed by atoms with E-state index in [0.717, 1.165) is 43.2 Å². The van der Waals surface area contributed by atoms with Crippen molar-refractivity contribution in [2.75, 3.05) is 37.7 Å². The maximum absolute atomic E-state index is 11.9. The third-order valence-corrected chi connectivity index (χ3v) is 4.27. The average molecular weight is 356 g/mol. The number of phenolic OH excluding ortho intramolecular Hbond substituents is 1. The number of para-hydroxylation sites is 1. The van der Waals surface area contributed by atoms with Crippen LogP contribution in [0.2, 0.25) is 0 Å². The molecule has 0 saturated carbocycles. The summed E-state index contributed by atoms with van der Waals surface area (Å²) < 4.78 is 5.34. The van der Waals surface area contributed by atoms with Crippen LogP contribution in [0.4, 0.5) is 10.6 Å². The molecule has 1 aliphatic rings. The van der Waals surface area contributed by atoms with Gasteiger partial charge in [0, 0.05) is 32.4 Å². The van der Waals surface area contributed by atoms with Crippen molar-refractivity contribution in [3.05, 3.63) is 53.7 Å². The molecular weight excluding hydrogens is 332 g/mol. The van der Waals surface area contributed by atoms with Crippen LogP contribution in [-0.4, -0.2) is 49.0 Å². The number of nitrogens with one attached hydrogen (secondary N) is 2. The monoisotopic (exact) mass is 356 g/mol. The first-order valence-electron chi connectivity index (χ1n) is 8.78. The van der Waals surface area contributed by atoms with E-state index in [-0.39, 0.29) is 11.8 Å². The molecule has 1 saturated heterocycles. The number of ether oxygens (including phenoxy) is 1. The predicted molar refractivity (Wildman–Crippen MR) is 99.3 cm³/mol. The highest BCUT2D eigenvalue weighted by Crippen LogP contribution is 2.15. The van der Waals surface area contributed by atoms with Gasteiger partial charge in [-0.25, -0.2) is 9.78 Å². The highest BCUT2D eigenvalue weighted by atomic mass is 16.5. The second-order valence-electron chi connectivity index (χ2n) is 6.11. The van der Waals surface area contributed by atoms with Crippen LogP contribution in [-0.2, 0) is 17.7 Å². The number of hydrogen-bond acceptors (Lipinski definition) is 5. The number of benzene rings is 1. The van der Waals surface area contributed by atoms with E-state index in [2.05, 4.69) is 20.5 Å². The number of carbonyl (C=O) groups is 1. The van der Waals surface area contributed by atoms with E-state index in [1.165, 1.54) is 0 Å². The van der Waals surface area contributed by atoms with Gasteiger partial charge in [-0.3, -0.25) is 0 Å². The predicted octanol–water partition coefficient (Wildman–Crippen LogP) is 1.67. The maximum atomic E-state index is 11.9. The molecule has 0 spiro atoms. The molecule has 3 rings (SSSR count). The Labute approximate surface area is 153 Å². The number of morpholine rings is 1. The van der Waals surface area contributed by atoms with Gasteiger partial charge in [0.25, 0.3) is 0 Å². The van der Waals surface area contributed by atoms with Crippen molar-refractivity contribution in [2.45, 2.75) is 13.0 Å². The number of aromatic hydroxyl groups is 1. The van der Waals surface area contributed by atoms with Crippen molar-refractivity contribution < 1.29 is 14.6 Å². The first-order chi connectivity index (χ1) is 12.7. The van der Waals surface area contributed by atoms with Gasteiger partial charge in [-0.2, -0.15) is 0 Å². The third-order valence-electron chi connectivity index (χ3n) is 4.27. The number of carbonyl (C=O) groups excluding carboxylic acids is 1. The molecule has 2 heterocycles. The van der Waals surface area contributed by atoms with Gasteiger partial charge in [-0.05, 0) is 29.7 Å². The second-order valence-corrected chi connectivity index (χ2v) is 6.11. The highest BCUT2D eigenvalue weighted by molar-refractivity contribution is 5.73. The van der Waals surface area contributed by atoms with Crippen LogP contribution < -0.4 is 15.5 Å². The maximum Gasteiger partial charge on any atom is 0.315 e. The first-order valence-corrected chi connectivity index (χ1v) is 8.78. The minimum absolute atomic E-state index is 0.238. The summed E-state index contributed by atoms with van der Waals surface area (Å²) in [5.41, 5.74) is 1.76. The zero-order valence-electron chi connectivity index (χ0n) is 14.6. The number of urea groups is 1. The van der Waals surface area contributed by atoms with Crippen LogP contribution in [0.15, 0.2) is 42.6 Å². The molecule has 138 valence electrons. The lowest BCUT2D eigenvalue weighted by molar-refractivity contribution is 0.122. The lowest BCUT2D eigenvalue weighted by atomic mass is 10.1. The SMILES string of the molecule is O=C(NCCc1ccccc1O)NCc1ccc(N2CCOCC2)nc1. The van der Waals surface area contributed by atoms with Gasteiger partial charge in [0.2, 0.25) is 0 Å². The smallest absolute Gasteiger partial charge is 0.315 e. The Morgan fingerprint density at radius 3 is 2.69 bits per heavy atom. The Bertz CT molecular complexity index is 715. The number of hydrogen-bond donors (Lipinski definition) is 3. The highest BCUT2D eigenvalue weighted by Gasteiger charge is 2.12. The molecule has 1 aromatic carbocycles. The first kappa shape index (κ1) is 18.0. The van der Waals surface area contributed by atoms with Crippen molar-refractivity contribution in [3.8, 4) is 5.75 Å². The van der Waals surface area contributed by atoms with Gasteiger partial charge in [-0.1, -0.05) is 24.3 Å². The molecule has 1 aliphatic heterocycles. The molecule has 7 nitrogen and oxygen atoms in total. The fourth-order valence-corrected chi connectivity index (χ4v) is 2.78. The van der Waals surface area contributed by atoms with E-state index in [1.54, 1.807) is 18.3 Å². The number of rotatable bonds is 6. The summed E-state index contributed by atoms with van der Waals surface area (Å²) in [5, 5.41) is 15.3. The van der Waals surface area contributed by atoms with Gasteiger partial charge in [0.05, 0.1) is 13.2 Å². The molecule has 2 amide bonds. The average Bonchev–Trinajstić information content (AvgIpc) is 2.69. The molecule has 0 atom stereocenters. The van der Waals surface area contributed by atoms with Crippen molar-refractivity contribution in [2.24, 2.45) is 0 Å². The van der Waals surface area contributed by atoms with Crippen molar-refractivity contribution in [1.82, 2.24) is 15.6 Å². The standard InChI is InChI=1S/C19H24N4O3/c24-17-4-2-1-3-16(17)7-8-20-19(25)22-14-15-5-6-18(21-13-15)23-9-11-26-12-10-23/h1-6,13,24H,7-12,14H2,(H2,20,22,25). The van der Waals surface area contributed by atoms with E-state index in [0.29, 0.717) is 19.5 Å². The summed E-state index contributed by atoms with van der Waals surface area (Å²) in [7, 11) is 0. The minimum atomic E-state index is -0.238. The molecule has 0 unspecified atom stereocenters. The molecule has 26 heavy (non-hydrogen) atoms. The van der Waals surface area contributed by atoms with Crippen LogP contribution in [0.3, 0.4) is 0 Å². The van der Waals surface area contributed by atoms with E-state index < -0.39 is 0 Å². The summed E-state index contributed by atoms with van der Waals surface area (Å²) in [4.78, 5) is 18.5. The van der Waals surface area contributed by atoms with Gasteiger partial charge in [-0.15, -0.1) is 0 Å². The van der Waals surface area contributed by atoms with Crippen LogP contribution in [0, 0.1) is 0 Å². The summed E-state index contributed by atoms with van der Waals surface area (Å²) >= 11 is 0. The van der Waals surface area contributed by atoms with Crippen LogP contribution >= 0.6 is 0 Å². The molecule has 0 bridgehead atoms. The van der Waals surface area contributed by atoms with E-state index in [4.69, 9.17) is 4.74 Å². The van der Waals surface area contributed by atoms with E-state index in [9.17, 15) is 9.90 Å². The topological polar surface area (TPSA) is 86.7 Å². The van der Waals surface area contributed by atoms with Crippen molar-refractivity contribution >= 4 is 11.8 Å². The van der Waals surface area contributed by atoms with Gasteiger partial charge in [0.15, 0.2) is 0 Å². The van der Waals surface area contributed by atoms with E-state index in [1.807, 2.05) is 24.3 Å². The molecule has 1 fully saturated rings. The van der Waals surface area contributed by atoms with Gasteiger partial charge in [0.1, 0.15) is 11.6 Å². The molecular formula is C19H24N4O3. The van der Waals surface area contributed by atoms with Crippen molar-refractivity contribution in [3.63, 3.8) is 0 Å². The molecule has 7 heteroatoms. The molecule has 0 aliphatic carbocycles. The number of amides is 2. The number of nitrogens with zero attached hydrogens (tertiary/aromatic N) is 2. The summed E-state index contributed by atoms with van der Waals surface area (Å²) in [5.74, 6) is 1.19. The fourth-order valence-electron chi connectivity index (χ4n) is 2.78. The minimum Gasteiger partial charge on any atom is -0.508 e. The van der Waals surface area contributed by atoms with E-state index >= 15 is 0 Å². The number of phenols is 1. The second kappa shape index (κ2) is 9.05. The zero-order chi connectivity index (χ0) is 18.2. The van der Waals surface area contributed by atoms with Gasteiger partial charge < -0.3 is 25.4 Å². The fraction of sp³-hybridized carbons (Fsp3) is 0.368. The number of pyridine rings is 1. The Balaban J connectivity index is 1.39. The molecule has 0 radical (unpaired) electrons. The zero-order valence-corrected chi connectivity index (χ0v) is 14.6. The Morgan fingerprint density at radius 1 is 1.15 bits per heavy atom. The van der Waals surface area contributed by atoms with Crippen LogP contribution in [0.5, 0.6) is 5.75 Å². The largest absolute Gasteiger partial charge is 0.508 e. The Morgan fingerprint density at radius 2 is 1.96 bits per heavy atom. The lowest BCUT2D eigenvalue weighted by Gasteiger charge is -2.27. The third kappa shape index (κ3) is 5.10. The molecule has 2 aromatic rings.